The first-order chi connectivity index (χ1) is 14.3. The van der Waals surface area contributed by atoms with Gasteiger partial charge in [-0.25, -0.2) is 14.8 Å². The van der Waals surface area contributed by atoms with Crippen LogP contribution in [0, 0.1) is 0 Å². The summed E-state index contributed by atoms with van der Waals surface area (Å²) in [5.74, 6) is -0.986. The van der Waals surface area contributed by atoms with E-state index in [1.54, 1.807) is 24.3 Å². The number of hydrogen-bond donors (Lipinski definition) is 2. The van der Waals surface area contributed by atoms with Crippen molar-refractivity contribution in [1.29, 1.82) is 0 Å². The Morgan fingerprint density at radius 1 is 1.07 bits per heavy atom. The summed E-state index contributed by atoms with van der Waals surface area (Å²) in [5, 5.41) is 11.3. The maximum Gasteiger partial charge on any atom is 0.391 e. The first-order valence-corrected chi connectivity index (χ1v) is 8.95. The van der Waals surface area contributed by atoms with Gasteiger partial charge in [-0.05, 0) is 29.8 Å². The highest BCUT2D eigenvalue weighted by Gasteiger charge is 2.35. The number of nitrogens with one attached hydrogen (secondary N) is 1. The summed E-state index contributed by atoms with van der Waals surface area (Å²) >= 11 is 0. The number of carboxylic acid groups (broad SMARTS) is 1. The predicted octanol–water partition coefficient (Wildman–Crippen LogP) is 4.54. The molecule has 1 atom stereocenters. The number of anilines is 1. The van der Waals surface area contributed by atoms with E-state index >= 15 is 0 Å². The second-order valence-electron chi connectivity index (χ2n) is 6.44. The van der Waals surface area contributed by atoms with E-state index in [4.69, 9.17) is 9.84 Å². The standard InChI is InChI=1S/C21H18F3N3O3/c22-21(23,24)11-18(20(28)29)27-19-10-17(25-13-26-19)15-6-8-16(9-7-15)30-12-14-4-2-1-3-5-14/h1-10,13,18H,11-12H2,(H,28,29)(H,25,26,27). The molecule has 1 unspecified atom stereocenters. The molecule has 3 aromatic rings. The van der Waals surface area contributed by atoms with E-state index < -0.39 is 24.6 Å². The quantitative estimate of drug-likeness (QED) is 0.560. The van der Waals surface area contributed by atoms with Gasteiger partial charge in [0, 0.05) is 11.6 Å². The summed E-state index contributed by atoms with van der Waals surface area (Å²) in [4.78, 5) is 19.0. The van der Waals surface area contributed by atoms with E-state index in [0.29, 0.717) is 23.6 Å². The summed E-state index contributed by atoms with van der Waals surface area (Å²) in [5.41, 5.74) is 2.13. The van der Waals surface area contributed by atoms with Gasteiger partial charge in [0.2, 0.25) is 0 Å². The molecular formula is C21H18F3N3O3. The maximum atomic E-state index is 12.6. The van der Waals surface area contributed by atoms with Crippen molar-refractivity contribution in [3.63, 3.8) is 0 Å². The van der Waals surface area contributed by atoms with Crippen molar-refractivity contribution in [1.82, 2.24) is 9.97 Å². The first kappa shape index (κ1) is 21.1. The average molecular weight is 417 g/mol. The molecular weight excluding hydrogens is 399 g/mol. The van der Waals surface area contributed by atoms with Gasteiger partial charge < -0.3 is 15.2 Å². The fraction of sp³-hybridized carbons (Fsp3) is 0.190. The van der Waals surface area contributed by atoms with E-state index in [-0.39, 0.29) is 5.82 Å². The minimum absolute atomic E-state index is 0.0129. The molecule has 0 saturated heterocycles. The first-order valence-electron chi connectivity index (χ1n) is 8.95. The number of nitrogens with zero attached hydrogens (tertiary/aromatic N) is 2. The van der Waals surface area contributed by atoms with Crippen molar-refractivity contribution in [2.24, 2.45) is 0 Å². The van der Waals surface area contributed by atoms with Crippen LogP contribution in [0.25, 0.3) is 11.3 Å². The molecule has 1 heterocycles. The van der Waals surface area contributed by atoms with Crippen LogP contribution in [0.5, 0.6) is 5.75 Å². The molecule has 2 N–H and O–H groups in total. The molecule has 9 heteroatoms. The minimum atomic E-state index is -4.62. The van der Waals surface area contributed by atoms with Crippen LogP contribution in [0.15, 0.2) is 67.0 Å². The second kappa shape index (κ2) is 9.25. The number of carbonyl (C=O) groups is 1. The highest BCUT2D eigenvalue weighted by molar-refractivity contribution is 5.77. The minimum Gasteiger partial charge on any atom is -0.489 e. The number of carboxylic acids is 1. The highest BCUT2D eigenvalue weighted by Crippen LogP contribution is 2.25. The molecule has 3 rings (SSSR count). The Morgan fingerprint density at radius 3 is 2.40 bits per heavy atom. The van der Waals surface area contributed by atoms with Crippen molar-refractivity contribution in [3.05, 3.63) is 72.6 Å². The third kappa shape index (κ3) is 6.20. The molecule has 30 heavy (non-hydrogen) atoms. The van der Waals surface area contributed by atoms with Crippen LogP contribution in [0.1, 0.15) is 12.0 Å². The van der Waals surface area contributed by atoms with Crippen molar-refractivity contribution in [2.75, 3.05) is 5.32 Å². The lowest BCUT2D eigenvalue weighted by Gasteiger charge is -2.17. The molecule has 6 nitrogen and oxygen atoms in total. The van der Waals surface area contributed by atoms with Crippen LogP contribution in [0.2, 0.25) is 0 Å². The zero-order valence-electron chi connectivity index (χ0n) is 15.6. The molecule has 0 aliphatic rings. The highest BCUT2D eigenvalue weighted by atomic mass is 19.4. The second-order valence-corrected chi connectivity index (χ2v) is 6.44. The SMILES string of the molecule is O=C(O)C(CC(F)(F)F)Nc1cc(-c2ccc(OCc3ccccc3)cc2)ncn1. The molecule has 2 aromatic carbocycles. The molecule has 0 saturated carbocycles. The Balaban J connectivity index is 1.68. The van der Waals surface area contributed by atoms with E-state index in [0.717, 1.165) is 11.9 Å². The van der Waals surface area contributed by atoms with Gasteiger partial charge in [-0.2, -0.15) is 13.2 Å². The molecule has 1 aromatic heterocycles. The maximum absolute atomic E-state index is 12.6. The number of halogens is 3. The van der Waals surface area contributed by atoms with Crippen LogP contribution in [-0.4, -0.2) is 33.3 Å². The molecule has 156 valence electrons. The molecule has 0 aliphatic carbocycles. The third-order valence-electron chi connectivity index (χ3n) is 4.12. The van der Waals surface area contributed by atoms with Crippen molar-refractivity contribution in [3.8, 4) is 17.0 Å². The monoisotopic (exact) mass is 417 g/mol. The summed E-state index contributed by atoms with van der Waals surface area (Å²) in [7, 11) is 0. The summed E-state index contributed by atoms with van der Waals surface area (Å²) < 4.78 is 43.4. The summed E-state index contributed by atoms with van der Waals surface area (Å²) in [6, 6.07) is 16.2. The van der Waals surface area contributed by atoms with E-state index in [1.165, 1.54) is 6.07 Å². The van der Waals surface area contributed by atoms with Gasteiger partial charge in [-0.15, -0.1) is 0 Å². The van der Waals surface area contributed by atoms with E-state index in [9.17, 15) is 18.0 Å². The summed E-state index contributed by atoms with van der Waals surface area (Å²) in [6.07, 6.45) is -4.99. The molecule has 0 radical (unpaired) electrons. The van der Waals surface area contributed by atoms with Crippen LogP contribution in [-0.2, 0) is 11.4 Å². The van der Waals surface area contributed by atoms with Gasteiger partial charge in [0.25, 0.3) is 0 Å². The molecule has 0 amide bonds. The van der Waals surface area contributed by atoms with Gasteiger partial charge in [-0.3, -0.25) is 0 Å². The molecule has 0 fully saturated rings. The lowest BCUT2D eigenvalue weighted by atomic mass is 10.1. The van der Waals surface area contributed by atoms with Gasteiger partial charge in [-0.1, -0.05) is 30.3 Å². The number of rotatable bonds is 8. The number of benzene rings is 2. The van der Waals surface area contributed by atoms with Crippen LogP contribution in [0.4, 0.5) is 19.0 Å². The molecule has 0 aliphatic heterocycles. The van der Waals surface area contributed by atoms with Crippen molar-refractivity contribution < 1.29 is 27.8 Å². The van der Waals surface area contributed by atoms with Gasteiger partial charge in [0.15, 0.2) is 0 Å². The molecule has 0 bridgehead atoms. The van der Waals surface area contributed by atoms with Crippen molar-refractivity contribution >= 4 is 11.8 Å². The fourth-order valence-electron chi connectivity index (χ4n) is 2.67. The van der Waals surface area contributed by atoms with E-state index in [2.05, 4.69) is 15.3 Å². The Labute approximate surface area is 170 Å². The number of ether oxygens (including phenoxy) is 1. The lowest BCUT2D eigenvalue weighted by Crippen LogP contribution is -2.34. The molecule has 0 spiro atoms. The summed E-state index contributed by atoms with van der Waals surface area (Å²) in [6.45, 7) is 0.414. The number of aliphatic carboxylic acids is 1. The number of aromatic nitrogens is 2. The number of alkyl halides is 3. The number of hydrogen-bond acceptors (Lipinski definition) is 5. The third-order valence-corrected chi connectivity index (χ3v) is 4.12. The topological polar surface area (TPSA) is 84.3 Å². The van der Waals surface area contributed by atoms with Crippen molar-refractivity contribution in [2.45, 2.75) is 25.2 Å². The zero-order valence-corrected chi connectivity index (χ0v) is 15.6. The largest absolute Gasteiger partial charge is 0.489 e. The normalized spacial score (nSPS) is 12.2. The Morgan fingerprint density at radius 2 is 1.77 bits per heavy atom. The van der Waals surface area contributed by atoms with Crippen LogP contribution >= 0.6 is 0 Å². The van der Waals surface area contributed by atoms with Crippen LogP contribution in [0.3, 0.4) is 0 Å². The Bertz CT molecular complexity index is 980. The predicted molar refractivity (Wildman–Crippen MR) is 104 cm³/mol. The van der Waals surface area contributed by atoms with Crippen LogP contribution < -0.4 is 10.1 Å². The van der Waals surface area contributed by atoms with Gasteiger partial charge in [0.1, 0.15) is 30.5 Å². The Kier molecular flexibility index (Phi) is 6.51. The average Bonchev–Trinajstić information content (AvgIpc) is 2.72. The zero-order chi connectivity index (χ0) is 21.6. The van der Waals surface area contributed by atoms with Gasteiger partial charge in [0.05, 0.1) is 12.1 Å². The van der Waals surface area contributed by atoms with E-state index in [1.807, 2.05) is 30.3 Å². The fourth-order valence-corrected chi connectivity index (χ4v) is 2.67. The smallest absolute Gasteiger partial charge is 0.391 e. The van der Waals surface area contributed by atoms with Gasteiger partial charge >= 0.3 is 12.1 Å². The Hall–Kier alpha value is -3.62. The lowest BCUT2D eigenvalue weighted by molar-refractivity contribution is -0.154.